The maximum Gasteiger partial charge on any atom is 0.274 e. The van der Waals surface area contributed by atoms with Crippen molar-refractivity contribution in [1.82, 2.24) is 14.9 Å². The predicted octanol–water partition coefficient (Wildman–Crippen LogP) is 1.75. The standard InChI is InChI=1S/C19H24N6O2/c1-13-11-17(23-19(20-13)25-9-7-24(3)8-10-25)18(27)22-16-6-4-5-15(12-16)21-14(2)26/h4-6,11-12H,7-10H2,1-3H3,(H,21,26)(H,22,27). The molecule has 142 valence electrons. The topological polar surface area (TPSA) is 90.5 Å². The quantitative estimate of drug-likeness (QED) is 0.854. The molecule has 0 atom stereocenters. The van der Waals surface area contributed by atoms with Crippen molar-refractivity contribution in [1.29, 1.82) is 0 Å². The molecule has 1 fully saturated rings. The molecule has 0 unspecified atom stereocenters. The average Bonchev–Trinajstić information content (AvgIpc) is 2.61. The Hall–Kier alpha value is -3.00. The van der Waals surface area contributed by atoms with Gasteiger partial charge in [-0.2, -0.15) is 0 Å². The lowest BCUT2D eigenvalue weighted by Crippen LogP contribution is -2.45. The largest absolute Gasteiger partial charge is 0.338 e. The van der Waals surface area contributed by atoms with Gasteiger partial charge < -0.3 is 20.4 Å². The number of rotatable bonds is 4. The van der Waals surface area contributed by atoms with Crippen molar-refractivity contribution in [2.75, 3.05) is 48.8 Å². The van der Waals surface area contributed by atoms with E-state index in [1.165, 1.54) is 6.92 Å². The molecule has 1 aliphatic heterocycles. The molecule has 1 aliphatic rings. The number of carbonyl (C=O) groups excluding carboxylic acids is 2. The van der Waals surface area contributed by atoms with Crippen LogP contribution in [0, 0.1) is 6.92 Å². The fourth-order valence-corrected chi connectivity index (χ4v) is 2.89. The van der Waals surface area contributed by atoms with E-state index in [4.69, 9.17) is 0 Å². The van der Waals surface area contributed by atoms with Gasteiger partial charge in [-0.15, -0.1) is 0 Å². The zero-order chi connectivity index (χ0) is 19.4. The van der Waals surface area contributed by atoms with E-state index in [0.717, 1.165) is 31.9 Å². The summed E-state index contributed by atoms with van der Waals surface area (Å²) >= 11 is 0. The molecule has 2 N–H and O–H groups in total. The number of amides is 2. The Morgan fingerprint density at radius 2 is 1.67 bits per heavy atom. The number of nitrogens with one attached hydrogen (secondary N) is 2. The van der Waals surface area contributed by atoms with Gasteiger partial charge in [-0.3, -0.25) is 9.59 Å². The molecule has 1 aromatic heterocycles. The van der Waals surface area contributed by atoms with Crippen molar-refractivity contribution in [3.63, 3.8) is 0 Å². The lowest BCUT2D eigenvalue weighted by molar-refractivity contribution is -0.114. The van der Waals surface area contributed by atoms with Gasteiger partial charge in [0.25, 0.3) is 5.91 Å². The smallest absolute Gasteiger partial charge is 0.274 e. The number of piperazine rings is 1. The van der Waals surface area contributed by atoms with Crippen molar-refractivity contribution in [2.45, 2.75) is 13.8 Å². The Bertz CT molecular complexity index is 846. The molecule has 0 radical (unpaired) electrons. The molecule has 8 nitrogen and oxygen atoms in total. The summed E-state index contributed by atoms with van der Waals surface area (Å²) in [5.74, 6) is 0.109. The van der Waals surface area contributed by atoms with Crippen LogP contribution in [0.15, 0.2) is 30.3 Å². The molecule has 1 aromatic carbocycles. The highest BCUT2D eigenvalue weighted by Crippen LogP contribution is 2.17. The van der Waals surface area contributed by atoms with Gasteiger partial charge >= 0.3 is 0 Å². The van der Waals surface area contributed by atoms with Crippen molar-refractivity contribution >= 4 is 29.1 Å². The molecule has 3 rings (SSSR count). The van der Waals surface area contributed by atoms with E-state index in [1.54, 1.807) is 30.3 Å². The van der Waals surface area contributed by atoms with E-state index in [1.807, 2.05) is 6.92 Å². The van der Waals surface area contributed by atoms with Crippen LogP contribution in [0.1, 0.15) is 23.1 Å². The van der Waals surface area contributed by atoms with Crippen molar-refractivity contribution in [3.05, 3.63) is 41.7 Å². The van der Waals surface area contributed by atoms with Crippen LogP contribution in [-0.2, 0) is 4.79 Å². The number of likely N-dealkylation sites (N-methyl/N-ethyl adjacent to an activating group) is 1. The summed E-state index contributed by atoms with van der Waals surface area (Å²) in [7, 11) is 2.09. The van der Waals surface area contributed by atoms with Gasteiger partial charge in [0.2, 0.25) is 11.9 Å². The van der Waals surface area contributed by atoms with Gasteiger partial charge in [-0.05, 0) is 38.2 Å². The second kappa shape index (κ2) is 8.13. The van der Waals surface area contributed by atoms with Gasteiger partial charge in [0.05, 0.1) is 0 Å². The van der Waals surface area contributed by atoms with Crippen LogP contribution in [-0.4, -0.2) is 59.9 Å². The minimum Gasteiger partial charge on any atom is -0.338 e. The van der Waals surface area contributed by atoms with Gasteiger partial charge in [0.15, 0.2) is 0 Å². The molecular formula is C19H24N6O2. The molecule has 2 amide bonds. The lowest BCUT2D eigenvalue weighted by Gasteiger charge is -2.32. The second-order valence-corrected chi connectivity index (χ2v) is 6.70. The Labute approximate surface area is 158 Å². The van der Waals surface area contributed by atoms with Crippen LogP contribution >= 0.6 is 0 Å². The van der Waals surface area contributed by atoms with E-state index >= 15 is 0 Å². The van der Waals surface area contributed by atoms with E-state index in [0.29, 0.717) is 23.0 Å². The van der Waals surface area contributed by atoms with Gasteiger partial charge in [0.1, 0.15) is 5.69 Å². The maximum atomic E-state index is 12.7. The fourth-order valence-electron chi connectivity index (χ4n) is 2.89. The third-order valence-electron chi connectivity index (χ3n) is 4.30. The number of anilines is 3. The third kappa shape index (κ3) is 5.01. The highest BCUT2D eigenvalue weighted by molar-refractivity contribution is 6.03. The summed E-state index contributed by atoms with van der Waals surface area (Å²) in [4.78, 5) is 37.2. The van der Waals surface area contributed by atoms with E-state index in [2.05, 4.69) is 37.4 Å². The summed E-state index contributed by atoms with van der Waals surface area (Å²) in [6.07, 6.45) is 0. The van der Waals surface area contributed by atoms with E-state index in [-0.39, 0.29) is 11.8 Å². The van der Waals surface area contributed by atoms with Crippen LogP contribution in [0.25, 0.3) is 0 Å². The minimum absolute atomic E-state index is 0.165. The first-order valence-electron chi connectivity index (χ1n) is 8.89. The summed E-state index contributed by atoms with van der Waals surface area (Å²) < 4.78 is 0. The summed E-state index contributed by atoms with van der Waals surface area (Å²) in [6, 6.07) is 8.67. The summed E-state index contributed by atoms with van der Waals surface area (Å²) in [5.41, 5.74) is 2.28. The number of carbonyl (C=O) groups is 2. The maximum absolute atomic E-state index is 12.7. The van der Waals surface area contributed by atoms with E-state index in [9.17, 15) is 9.59 Å². The molecule has 27 heavy (non-hydrogen) atoms. The highest BCUT2D eigenvalue weighted by Gasteiger charge is 2.19. The predicted molar refractivity (Wildman–Crippen MR) is 105 cm³/mol. The number of aromatic nitrogens is 2. The fraction of sp³-hybridized carbons (Fsp3) is 0.368. The van der Waals surface area contributed by atoms with Crippen molar-refractivity contribution < 1.29 is 9.59 Å². The van der Waals surface area contributed by atoms with Gasteiger partial charge in [-0.25, -0.2) is 9.97 Å². The number of hydrogen-bond acceptors (Lipinski definition) is 6. The monoisotopic (exact) mass is 368 g/mol. The average molecular weight is 368 g/mol. The van der Waals surface area contributed by atoms with Gasteiger partial charge in [-0.1, -0.05) is 6.07 Å². The molecule has 0 aliphatic carbocycles. The number of hydrogen-bond donors (Lipinski definition) is 2. The van der Waals surface area contributed by atoms with Crippen molar-refractivity contribution in [3.8, 4) is 0 Å². The zero-order valence-corrected chi connectivity index (χ0v) is 15.8. The normalized spacial score (nSPS) is 14.7. The third-order valence-corrected chi connectivity index (χ3v) is 4.30. The van der Waals surface area contributed by atoms with Crippen LogP contribution in [0.5, 0.6) is 0 Å². The molecule has 0 bridgehead atoms. The second-order valence-electron chi connectivity index (χ2n) is 6.70. The Kier molecular flexibility index (Phi) is 5.66. The van der Waals surface area contributed by atoms with Crippen LogP contribution in [0.3, 0.4) is 0 Å². The molecule has 0 spiro atoms. The highest BCUT2D eigenvalue weighted by atomic mass is 16.2. The molecule has 2 heterocycles. The summed E-state index contributed by atoms with van der Waals surface area (Å²) in [6.45, 7) is 6.84. The first-order valence-corrected chi connectivity index (χ1v) is 8.89. The van der Waals surface area contributed by atoms with Gasteiger partial charge in [0, 0.05) is 50.2 Å². The van der Waals surface area contributed by atoms with E-state index < -0.39 is 0 Å². The number of benzene rings is 1. The van der Waals surface area contributed by atoms with Crippen LogP contribution in [0.4, 0.5) is 17.3 Å². The molecule has 2 aromatic rings. The van der Waals surface area contributed by atoms with Crippen LogP contribution in [0.2, 0.25) is 0 Å². The summed E-state index contributed by atoms with van der Waals surface area (Å²) in [5, 5.41) is 5.53. The molecular weight excluding hydrogens is 344 g/mol. The SMILES string of the molecule is CC(=O)Nc1cccc(NC(=O)c2cc(C)nc(N3CCN(C)CC3)n2)c1. The minimum atomic E-state index is -0.309. The molecule has 8 heteroatoms. The van der Waals surface area contributed by atoms with Crippen molar-refractivity contribution in [2.24, 2.45) is 0 Å². The first-order chi connectivity index (χ1) is 12.9. The Morgan fingerprint density at radius 1 is 1.00 bits per heavy atom. The Morgan fingerprint density at radius 3 is 2.33 bits per heavy atom. The molecule has 1 saturated heterocycles. The zero-order valence-electron chi connectivity index (χ0n) is 15.8. The first kappa shape index (κ1) is 18.8. The number of aryl methyl sites for hydroxylation is 1. The van der Waals surface area contributed by atoms with Crippen LogP contribution < -0.4 is 15.5 Å². The number of nitrogens with zero attached hydrogens (tertiary/aromatic N) is 4. The lowest BCUT2D eigenvalue weighted by atomic mass is 10.2. The Balaban J connectivity index is 1.76. The molecule has 0 saturated carbocycles.